The molecule has 0 saturated carbocycles. The Labute approximate surface area is 167 Å². The molecule has 7 heteroatoms. The summed E-state index contributed by atoms with van der Waals surface area (Å²) >= 11 is 0. The van der Waals surface area contributed by atoms with Crippen LogP contribution in [-0.4, -0.2) is 54.4 Å². The average Bonchev–Trinajstić information content (AvgIpc) is 3.26. The van der Waals surface area contributed by atoms with E-state index >= 15 is 0 Å². The van der Waals surface area contributed by atoms with Crippen LogP contribution in [0.25, 0.3) is 10.9 Å². The van der Waals surface area contributed by atoms with Crippen molar-refractivity contribution in [2.75, 3.05) is 26.8 Å². The smallest absolute Gasteiger partial charge is 0.261 e. The van der Waals surface area contributed by atoms with Gasteiger partial charge in [0, 0.05) is 36.3 Å². The highest BCUT2D eigenvalue weighted by atomic mass is 16.5. The molecular formula is C22H21N3O4. The summed E-state index contributed by atoms with van der Waals surface area (Å²) in [5, 5.41) is 4.02. The van der Waals surface area contributed by atoms with E-state index in [-0.39, 0.29) is 30.5 Å². The molecule has 0 radical (unpaired) electrons. The van der Waals surface area contributed by atoms with Crippen LogP contribution in [0.2, 0.25) is 0 Å². The maximum atomic E-state index is 12.5. The number of methoxy groups -OCH3 is 1. The van der Waals surface area contributed by atoms with Crippen molar-refractivity contribution < 1.29 is 19.1 Å². The maximum Gasteiger partial charge on any atom is 0.261 e. The van der Waals surface area contributed by atoms with E-state index in [1.807, 2.05) is 30.5 Å². The quantitative estimate of drug-likeness (QED) is 0.605. The minimum Gasteiger partial charge on any atom is -0.383 e. The second-order valence-electron chi connectivity index (χ2n) is 6.88. The number of rotatable bonds is 7. The van der Waals surface area contributed by atoms with E-state index in [2.05, 4.69) is 10.3 Å². The second kappa shape index (κ2) is 7.89. The van der Waals surface area contributed by atoms with Crippen LogP contribution in [0.5, 0.6) is 0 Å². The molecule has 3 aromatic rings. The number of hydrogen-bond acceptors (Lipinski definition) is 4. The van der Waals surface area contributed by atoms with Crippen molar-refractivity contribution in [1.82, 2.24) is 15.2 Å². The molecule has 1 aliphatic heterocycles. The number of benzene rings is 2. The third-order valence-electron chi connectivity index (χ3n) is 5.11. The molecule has 0 spiro atoms. The molecule has 0 atom stereocenters. The summed E-state index contributed by atoms with van der Waals surface area (Å²) in [7, 11) is 1.51. The first-order valence-electron chi connectivity index (χ1n) is 9.42. The average molecular weight is 391 g/mol. The number of nitrogens with one attached hydrogen (secondary N) is 2. The van der Waals surface area contributed by atoms with Gasteiger partial charge in [-0.15, -0.1) is 0 Å². The van der Waals surface area contributed by atoms with Crippen molar-refractivity contribution in [1.29, 1.82) is 0 Å². The lowest BCUT2D eigenvalue weighted by Gasteiger charge is -2.12. The van der Waals surface area contributed by atoms with Crippen LogP contribution in [0.3, 0.4) is 0 Å². The zero-order valence-electron chi connectivity index (χ0n) is 16.0. The van der Waals surface area contributed by atoms with Gasteiger partial charge < -0.3 is 15.0 Å². The molecule has 0 aliphatic carbocycles. The van der Waals surface area contributed by atoms with Crippen LogP contribution in [-0.2, 0) is 11.2 Å². The van der Waals surface area contributed by atoms with Crippen molar-refractivity contribution in [2.45, 2.75) is 6.42 Å². The third kappa shape index (κ3) is 3.52. The first-order valence-corrected chi connectivity index (χ1v) is 9.42. The Hall–Kier alpha value is -3.45. The van der Waals surface area contributed by atoms with Crippen LogP contribution in [0, 0.1) is 0 Å². The number of nitrogens with zero attached hydrogens (tertiary/aromatic N) is 1. The van der Waals surface area contributed by atoms with Gasteiger partial charge in [-0.25, -0.2) is 0 Å². The molecule has 4 rings (SSSR count). The maximum absolute atomic E-state index is 12.5. The van der Waals surface area contributed by atoms with Gasteiger partial charge in [0.2, 0.25) is 0 Å². The molecule has 1 aliphatic rings. The SMILES string of the molecule is COCCN1C(=O)c2ccc(C(=O)NCCc3c[nH]c4ccccc34)cc2C1=O. The number of H-pyrrole nitrogens is 1. The minimum atomic E-state index is -0.393. The predicted molar refractivity (Wildman–Crippen MR) is 108 cm³/mol. The Kier molecular flexibility index (Phi) is 5.14. The Morgan fingerprint density at radius 1 is 1.10 bits per heavy atom. The van der Waals surface area contributed by atoms with E-state index in [9.17, 15) is 14.4 Å². The number of ether oxygens (including phenoxy) is 1. The Balaban J connectivity index is 1.42. The summed E-state index contributed by atoms with van der Waals surface area (Å²) in [6.07, 6.45) is 2.63. The molecule has 2 aromatic carbocycles. The van der Waals surface area contributed by atoms with Gasteiger partial charge in [-0.3, -0.25) is 19.3 Å². The number of imide groups is 1. The van der Waals surface area contributed by atoms with Crippen LogP contribution in [0.15, 0.2) is 48.7 Å². The van der Waals surface area contributed by atoms with E-state index in [4.69, 9.17) is 4.74 Å². The van der Waals surface area contributed by atoms with Gasteiger partial charge in [-0.2, -0.15) is 0 Å². The summed E-state index contributed by atoms with van der Waals surface area (Å²) < 4.78 is 4.95. The molecule has 3 amide bonds. The summed E-state index contributed by atoms with van der Waals surface area (Å²) in [6.45, 7) is 0.923. The molecule has 7 nitrogen and oxygen atoms in total. The number of fused-ring (bicyclic) bond motifs is 2. The Morgan fingerprint density at radius 3 is 2.72 bits per heavy atom. The number of aromatic nitrogens is 1. The Morgan fingerprint density at radius 2 is 1.90 bits per heavy atom. The monoisotopic (exact) mass is 391 g/mol. The highest BCUT2D eigenvalue weighted by Crippen LogP contribution is 2.24. The van der Waals surface area contributed by atoms with Gasteiger partial charge in [0.25, 0.3) is 17.7 Å². The first-order chi connectivity index (χ1) is 14.1. The summed E-state index contributed by atoms with van der Waals surface area (Å²) in [5.74, 6) is -1.02. The second-order valence-corrected chi connectivity index (χ2v) is 6.88. The van der Waals surface area contributed by atoms with Crippen LogP contribution in [0.1, 0.15) is 36.6 Å². The fraction of sp³-hybridized carbons (Fsp3) is 0.227. The summed E-state index contributed by atoms with van der Waals surface area (Å²) in [6, 6.07) is 12.6. The molecule has 0 saturated heterocycles. The highest BCUT2D eigenvalue weighted by molar-refractivity contribution is 6.22. The first kappa shape index (κ1) is 18.9. The van der Waals surface area contributed by atoms with Gasteiger partial charge in [-0.05, 0) is 36.2 Å². The number of hydrogen-bond donors (Lipinski definition) is 2. The van der Waals surface area contributed by atoms with Gasteiger partial charge in [-0.1, -0.05) is 18.2 Å². The third-order valence-corrected chi connectivity index (χ3v) is 5.11. The van der Waals surface area contributed by atoms with Crippen molar-refractivity contribution in [3.63, 3.8) is 0 Å². The largest absolute Gasteiger partial charge is 0.383 e. The summed E-state index contributed by atoms with van der Waals surface area (Å²) in [5.41, 5.74) is 3.13. The lowest BCUT2D eigenvalue weighted by Crippen LogP contribution is -2.32. The van der Waals surface area contributed by atoms with Crippen LogP contribution < -0.4 is 5.32 Å². The lowest BCUT2D eigenvalue weighted by molar-refractivity contribution is 0.0603. The fourth-order valence-electron chi connectivity index (χ4n) is 3.57. The summed E-state index contributed by atoms with van der Waals surface area (Å²) in [4.78, 5) is 41.7. The zero-order valence-corrected chi connectivity index (χ0v) is 16.0. The topological polar surface area (TPSA) is 91.5 Å². The van der Waals surface area contributed by atoms with Crippen molar-refractivity contribution >= 4 is 28.6 Å². The number of carbonyl (C=O) groups is 3. The molecule has 148 valence electrons. The standard InChI is InChI=1S/C22H21N3O4/c1-29-11-10-25-21(27)17-7-6-14(12-18(17)22(25)28)20(26)23-9-8-15-13-24-19-5-3-2-4-16(15)19/h2-7,12-13,24H,8-11H2,1H3,(H,23,26). The minimum absolute atomic E-state index is 0.189. The number of amides is 3. The predicted octanol–water partition coefficient (Wildman–Crippen LogP) is 2.38. The molecular weight excluding hydrogens is 370 g/mol. The van der Waals surface area contributed by atoms with E-state index in [1.165, 1.54) is 19.2 Å². The molecule has 0 unspecified atom stereocenters. The van der Waals surface area contributed by atoms with Gasteiger partial charge in [0.15, 0.2) is 0 Å². The Bertz CT molecular complexity index is 1100. The van der Waals surface area contributed by atoms with E-state index in [0.29, 0.717) is 24.1 Å². The zero-order chi connectivity index (χ0) is 20.4. The van der Waals surface area contributed by atoms with Crippen LogP contribution >= 0.6 is 0 Å². The van der Waals surface area contributed by atoms with Crippen molar-refractivity contribution in [3.8, 4) is 0 Å². The molecule has 1 aromatic heterocycles. The highest BCUT2D eigenvalue weighted by Gasteiger charge is 2.35. The molecule has 0 fully saturated rings. The molecule has 0 bridgehead atoms. The molecule has 29 heavy (non-hydrogen) atoms. The van der Waals surface area contributed by atoms with E-state index < -0.39 is 5.91 Å². The fourth-order valence-corrected chi connectivity index (χ4v) is 3.57. The number of aromatic amines is 1. The number of para-hydroxylation sites is 1. The van der Waals surface area contributed by atoms with Crippen molar-refractivity contribution in [3.05, 3.63) is 70.9 Å². The van der Waals surface area contributed by atoms with E-state index in [1.54, 1.807) is 6.07 Å². The lowest BCUT2D eigenvalue weighted by atomic mass is 10.1. The van der Waals surface area contributed by atoms with Gasteiger partial charge in [0.1, 0.15) is 0 Å². The van der Waals surface area contributed by atoms with Crippen LogP contribution in [0.4, 0.5) is 0 Å². The molecule has 2 N–H and O–H groups in total. The van der Waals surface area contributed by atoms with Gasteiger partial charge >= 0.3 is 0 Å². The molecule has 2 heterocycles. The normalized spacial score (nSPS) is 13.2. The van der Waals surface area contributed by atoms with Crippen molar-refractivity contribution in [2.24, 2.45) is 0 Å². The van der Waals surface area contributed by atoms with Gasteiger partial charge in [0.05, 0.1) is 24.3 Å². The number of carbonyl (C=O) groups excluding carboxylic acids is 3. The van der Waals surface area contributed by atoms with E-state index in [0.717, 1.165) is 21.4 Å².